The molecule has 6 nitrogen and oxygen atoms in total. The van der Waals surface area contributed by atoms with Crippen molar-refractivity contribution in [3.8, 4) is 5.75 Å². The van der Waals surface area contributed by atoms with Crippen LogP contribution in [0.25, 0.3) is 0 Å². The lowest BCUT2D eigenvalue weighted by Gasteiger charge is -2.33. The summed E-state index contributed by atoms with van der Waals surface area (Å²) in [6, 6.07) is 5.58. The number of likely N-dealkylation sites (tertiary alicyclic amines) is 1. The van der Waals surface area contributed by atoms with Crippen molar-refractivity contribution in [2.75, 3.05) is 26.7 Å². The van der Waals surface area contributed by atoms with Gasteiger partial charge in [-0.25, -0.2) is 14.4 Å². The number of aromatic nitrogens is 1. The number of rotatable bonds is 7. The van der Waals surface area contributed by atoms with E-state index in [1.54, 1.807) is 23.5 Å². The molecular formula is C21H30FN5OS. The van der Waals surface area contributed by atoms with E-state index >= 15 is 0 Å². The highest BCUT2D eigenvalue weighted by Gasteiger charge is 2.20. The molecule has 1 aliphatic rings. The topological polar surface area (TPSA) is 61.8 Å². The number of nitrogens with zero attached hydrogens (tertiary/aromatic N) is 3. The van der Waals surface area contributed by atoms with Crippen LogP contribution < -0.4 is 15.4 Å². The molecule has 3 rings (SSSR count). The van der Waals surface area contributed by atoms with E-state index < -0.39 is 0 Å². The number of guanidine groups is 1. The van der Waals surface area contributed by atoms with Gasteiger partial charge in [-0.05, 0) is 44.4 Å². The van der Waals surface area contributed by atoms with Crippen LogP contribution in [0.1, 0.15) is 35.2 Å². The van der Waals surface area contributed by atoms with Gasteiger partial charge in [0.05, 0.1) is 13.7 Å². The minimum absolute atomic E-state index is 0.291. The summed E-state index contributed by atoms with van der Waals surface area (Å²) in [7, 11) is 1.48. The molecule has 0 radical (unpaired) electrons. The molecule has 2 heterocycles. The van der Waals surface area contributed by atoms with Crippen molar-refractivity contribution >= 4 is 17.3 Å². The number of piperidine rings is 1. The van der Waals surface area contributed by atoms with Gasteiger partial charge < -0.3 is 15.4 Å². The third-order valence-corrected chi connectivity index (χ3v) is 5.83. The Bertz CT molecular complexity index is 817. The van der Waals surface area contributed by atoms with E-state index in [0.717, 1.165) is 55.6 Å². The summed E-state index contributed by atoms with van der Waals surface area (Å²) in [6.07, 6.45) is 3.94. The molecule has 0 amide bonds. The number of ether oxygens (including phenoxy) is 1. The molecule has 0 unspecified atom stereocenters. The molecule has 1 aromatic carbocycles. The maximum atomic E-state index is 13.9. The minimum Gasteiger partial charge on any atom is -0.494 e. The SMILES string of the molecule is CCNC(=NCc1ncc(C)s1)NC1CCN(Cc2ccc(OC)c(F)c2)CC1. The van der Waals surface area contributed by atoms with Crippen molar-refractivity contribution in [1.82, 2.24) is 20.5 Å². The van der Waals surface area contributed by atoms with Crippen LogP contribution in [-0.4, -0.2) is 48.6 Å². The van der Waals surface area contributed by atoms with Crippen molar-refractivity contribution < 1.29 is 9.13 Å². The molecule has 8 heteroatoms. The van der Waals surface area contributed by atoms with E-state index in [1.807, 2.05) is 12.3 Å². The zero-order valence-electron chi connectivity index (χ0n) is 17.4. The normalized spacial score (nSPS) is 16.1. The number of methoxy groups -OCH3 is 1. The summed E-state index contributed by atoms with van der Waals surface area (Å²) in [5.41, 5.74) is 0.975. The molecule has 2 aromatic rings. The van der Waals surface area contributed by atoms with Gasteiger partial charge >= 0.3 is 0 Å². The minimum atomic E-state index is -0.302. The van der Waals surface area contributed by atoms with Crippen LogP contribution in [0.15, 0.2) is 29.4 Å². The summed E-state index contributed by atoms with van der Waals surface area (Å²) in [5.74, 6) is 0.833. The fraction of sp³-hybridized carbons (Fsp3) is 0.524. The quantitative estimate of drug-likeness (QED) is 0.533. The van der Waals surface area contributed by atoms with Gasteiger partial charge in [-0.3, -0.25) is 4.90 Å². The van der Waals surface area contributed by atoms with Crippen molar-refractivity contribution in [2.24, 2.45) is 4.99 Å². The molecule has 1 aromatic heterocycles. The van der Waals surface area contributed by atoms with Gasteiger partial charge in [0.2, 0.25) is 0 Å². The van der Waals surface area contributed by atoms with Gasteiger partial charge in [-0.15, -0.1) is 11.3 Å². The number of hydrogen-bond donors (Lipinski definition) is 2. The van der Waals surface area contributed by atoms with Gasteiger partial charge in [0.1, 0.15) is 5.01 Å². The smallest absolute Gasteiger partial charge is 0.191 e. The molecule has 158 valence electrons. The predicted octanol–water partition coefficient (Wildman–Crippen LogP) is 3.32. The molecule has 1 fully saturated rings. The maximum Gasteiger partial charge on any atom is 0.191 e. The van der Waals surface area contributed by atoms with Crippen LogP contribution in [0.3, 0.4) is 0 Å². The predicted molar refractivity (Wildman–Crippen MR) is 116 cm³/mol. The molecule has 0 bridgehead atoms. The lowest BCUT2D eigenvalue weighted by Crippen LogP contribution is -2.48. The number of nitrogens with one attached hydrogen (secondary N) is 2. The highest BCUT2D eigenvalue weighted by molar-refractivity contribution is 7.11. The lowest BCUT2D eigenvalue weighted by atomic mass is 10.0. The van der Waals surface area contributed by atoms with Gasteiger partial charge in [-0.1, -0.05) is 6.07 Å². The third kappa shape index (κ3) is 6.40. The van der Waals surface area contributed by atoms with Crippen molar-refractivity contribution in [1.29, 1.82) is 0 Å². The fourth-order valence-corrected chi connectivity index (χ4v) is 4.15. The molecule has 0 atom stereocenters. The largest absolute Gasteiger partial charge is 0.494 e. The summed E-state index contributed by atoms with van der Waals surface area (Å²) < 4.78 is 18.9. The Labute approximate surface area is 176 Å². The molecule has 0 aliphatic carbocycles. The summed E-state index contributed by atoms with van der Waals surface area (Å²) in [4.78, 5) is 12.6. The van der Waals surface area contributed by atoms with E-state index in [2.05, 4.69) is 39.4 Å². The average molecular weight is 420 g/mol. The first-order valence-corrected chi connectivity index (χ1v) is 10.9. The average Bonchev–Trinajstić information content (AvgIpc) is 3.13. The van der Waals surface area contributed by atoms with Crippen LogP contribution in [0, 0.1) is 12.7 Å². The van der Waals surface area contributed by atoms with Crippen LogP contribution in [0.4, 0.5) is 4.39 Å². The van der Waals surface area contributed by atoms with E-state index in [9.17, 15) is 4.39 Å². The first-order valence-electron chi connectivity index (χ1n) is 10.1. The number of thiazole rings is 1. The third-order valence-electron chi connectivity index (χ3n) is 4.94. The van der Waals surface area contributed by atoms with Crippen LogP contribution in [0.5, 0.6) is 5.75 Å². The Morgan fingerprint density at radius 3 is 2.79 bits per heavy atom. The van der Waals surface area contributed by atoms with Gasteiger partial charge in [0, 0.05) is 43.3 Å². The second-order valence-corrected chi connectivity index (χ2v) is 8.54. The van der Waals surface area contributed by atoms with E-state index in [4.69, 9.17) is 4.74 Å². The first kappa shape index (κ1) is 21.5. The van der Waals surface area contributed by atoms with Crippen molar-refractivity contribution in [2.45, 2.75) is 45.8 Å². The summed E-state index contributed by atoms with van der Waals surface area (Å²) in [5, 5.41) is 7.91. The Hall–Kier alpha value is -2.19. The van der Waals surface area contributed by atoms with Crippen molar-refractivity contribution in [3.05, 3.63) is 45.7 Å². The highest BCUT2D eigenvalue weighted by Crippen LogP contribution is 2.20. The zero-order chi connectivity index (χ0) is 20.6. The monoisotopic (exact) mass is 419 g/mol. The molecule has 1 aliphatic heterocycles. The Morgan fingerprint density at radius 1 is 1.38 bits per heavy atom. The molecule has 2 N–H and O–H groups in total. The number of hydrogen-bond acceptors (Lipinski definition) is 5. The zero-order valence-corrected chi connectivity index (χ0v) is 18.2. The molecule has 29 heavy (non-hydrogen) atoms. The number of benzene rings is 1. The molecule has 1 saturated heterocycles. The highest BCUT2D eigenvalue weighted by atomic mass is 32.1. The number of aryl methyl sites for hydroxylation is 1. The van der Waals surface area contributed by atoms with Gasteiger partial charge in [0.25, 0.3) is 0 Å². The van der Waals surface area contributed by atoms with Gasteiger partial charge in [0.15, 0.2) is 17.5 Å². The number of halogens is 1. The Morgan fingerprint density at radius 2 is 2.17 bits per heavy atom. The maximum absolute atomic E-state index is 13.9. The van der Waals surface area contributed by atoms with E-state index in [0.29, 0.717) is 18.3 Å². The van der Waals surface area contributed by atoms with Crippen LogP contribution >= 0.6 is 11.3 Å². The summed E-state index contributed by atoms with van der Waals surface area (Å²) in [6.45, 7) is 8.24. The Balaban J connectivity index is 1.49. The number of aliphatic imine (C=N–C) groups is 1. The van der Waals surface area contributed by atoms with Crippen molar-refractivity contribution in [3.63, 3.8) is 0 Å². The molecule has 0 spiro atoms. The van der Waals surface area contributed by atoms with Crippen LogP contribution in [-0.2, 0) is 13.1 Å². The van der Waals surface area contributed by atoms with E-state index in [-0.39, 0.29) is 5.82 Å². The van der Waals surface area contributed by atoms with Gasteiger partial charge in [-0.2, -0.15) is 0 Å². The standard InChI is InChI=1S/C21H30FN5OS/c1-4-23-21(25-13-20-24-12-15(2)29-20)26-17-7-9-27(10-8-17)14-16-5-6-19(28-3)18(22)11-16/h5-6,11-12,17H,4,7-10,13-14H2,1-3H3,(H2,23,25,26). The van der Waals surface area contributed by atoms with Crippen LogP contribution in [0.2, 0.25) is 0 Å². The molecular weight excluding hydrogens is 389 g/mol. The summed E-state index contributed by atoms with van der Waals surface area (Å²) >= 11 is 1.68. The second-order valence-electron chi connectivity index (χ2n) is 7.22. The fourth-order valence-electron chi connectivity index (χ4n) is 3.44. The lowest BCUT2D eigenvalue weighted by molar-refractivity contribution is 0.198. The first-order chi connectivity index (χ1) is 14.1. The Kier molecular flexibility index (Phi) is 7.83. The second kappa shape index (κ2) is 10.5. The molecule has 0 saturated carbocycles. The van der Waals surface area contributed by atoms with E-state index in [1.165, 1.54) is 12.0 Å².